The molecule has 2 aromatic carbocycles. The Kier molecular flexibility index (Phi) is 7.04. The summed E-state index contributed by atoms with van der Waals surface area (Å²) in [4.78, 5) is 22.1. The maximum atomic E-state index is 13.3. The molecule has 0 bridgehead atoms. The highest BCUT2D eigenvalue weighted by molar-refractivity contribution is 9.10. The van der Waals surface area contributed by atoms with Gasteiger partial charge in [0.25, 0.3) is 5.91 Å². The van der Waals surface area contributed by atoms with Crippen molar-refractivity contribution in [3.63, 3.8) is 0 Å². The van der Waals surface area contributed by atoms with Gasteiger partial charge in [-0.3, -0.25) is 9.69 Å². The van der Waals surface area contributed by atoms with Crippen molar-refractivity contribution in [3.8, 4) is 5.75 Å². The van der Waals surface area contributed by atoms with E-state index in [0.717, 1.165) is 40.1 Å². The molecule has 28 heavy (non-hydrogen) atoms. The van der Waals surface area contributed by atoms with Crippen LogP contribution >= 0.6 is 27.3 Å². The number of aromatic nitrogens is 1. The van der Waals surface area contributed by atoms with Crippen molar-refractivity contribution in [3.05, 3.63) is 52.5 Å². The molecule has 0 radical (unpaired) electrons. The number of benzene rings is 2. The smallest absolute Gasteiger partial charge is 0.260 e. The summed E-state index contributed by atoms with van der Waals surface area (Å²) < 4.78 is 7.22. The van der Waals surface area contributed by atoms with Crippen molar-refractivity contribution in [1.82, 2.24) is 9.88 Å². The number of methoxy groups -OCH3 is 1. The fraction of sp³-hybridized carbons (Fsp3) is 0.333. The molecule has 0 atom stereocenters. The van der Waals surface area contributed by atoms with E-state index in [-0.39, 0.29) is 5.91 Å². The molecule has 0 aliphatic rings. The summed E-state index contributed by atoms with van der Waals surface area (Å²) >= 11 is 4.99. The largest absolute Gasteiger partial charge is 0.497 e. The molecule has 0 aliphatic carbocycles. The fourth-order valence-electron chi connectivity index (χ4n) is 2.98. The molecule has 0 aliphatic heterocycles. The third-order valence-corrected chi connectivity index (χ3v) is 6.22. The number of thiazole rings is 1. The van der Waals surface area contributed by atoms with Crippen molar-refractivity contribution >= 4 is 48.5 Å². The second-order valence-corrected chi connectivity index (χ2v) is 8.25. The zero-order chi connectivity index (χ0) is 20.1. The molecule has 0 N–H and O–H groups in total. The lowest BCUT2D eigenvalue weighted by Gasteiger charge is -2.24. The quantitative estimate of drug-likeness (QED) is 0.470. The third kappa shape index (κ3) is 4.71. The van der Waals surface area contributed by atoms with Gasteiger partial charge in [-0.25, -0.2) is 4.98 Å². The minimum Gasteiger partial charge on any atom is -0.497 e. The molecule has 3 aromatic rings. The molecule has 0 saturated carbocycles. The van der Waals surface area contributed by atoms with E-state index in [9.17, 15) is 4.79 Å². The molecule has 5 nitrogen and oxygen atoms in total. The van der Waals surface area contributed by atoms with E-state index in [1.54, 1.807) is 12.0 Å². The number of rotatable bonds is 8. The summed E-state index contributed by atoms with van der Waals surface area (Å²) in [5, 5.41) is 0.709. The summed E-state index contributed by atoms with van der Waals surface area (Å²) in [6.45, 7) is 7.55. The zero-order valence-corrected chi connectivity index (χ0v) is 18.7. The predicted molar refractivity (Wildman–Crippen MR) is 120 cm³/mol. The van der Waals surface area contributed by atoms with Crippen LogP contribution in [0.2, 0.25) is 0 Å². The second kappa shape index (κ2) is 9.49. The van der Waals surface area contributed by atoms with Crippen LogP contribution in [0, 0.1) is 0 Å². The first-order chi connectivity index (χ1) is 13.5. The molecule has 3 rings (SSSR count). The Hall–Kier alpha value is -1.96. The first-order valence-corrected chi connectivity index (χ1v) is 10.9. The highest BCUT2D eigenvalue weighted by atomic mass is 79.9. The molecule has 1 aromatic heterocycles. The monoisotopic (exact) mass is 461 g/mol. The van der Waals surface area contributed by atoms with Crippen LogP contribution in [0.1, 0.15) is 24.2 Å². The topological polar surface area (TPSA) is 45.7 Å². The number of halogens is 1. The predicted octanol–water partition coefficient (Wildman–Crippen LogP) is 5.06. The number of carbonyl (C=O) groups excluding carboxylic acids is 1. The third-order valence-electron chi connectivity index (χ3n) is 4.67. The fourth-order valence-corrected chi connectivity index (χ4v) is 4.35. The van der Waals surface area contributed by atoms with Gasteiger partial charge in [0, 0.05) is 29.2 Å². The lowest BCUT2D eigenvalue weighted by Crippen LogP contribution is -2.38. The average molecular weight is 462 g/mol. The SMILES string of the molecule is CCN(CC)CCN(C(=O)c1cccc(Br)c1)c1nc2cc(OC)ccc2s1. The number of anilines is 1. The average Bonchev–Trinajstić information content (AvgIpc) is 3.13. The molecular formula is C21H24BrN3O2S. The minimum atomic E-state index is -0.0422. The highest BCUT2D eigenvalue weighted by Crippen LogP contribution is 2.32. The Morgan fingerprint density at radius 2 is 1.93 bits per heavy atom. The van der Waals surface area contributed by atoms with E-state index in [1.807, 2.05) is 42.5 Å². The van der Waals surface area contributed by atoms with Crippen LogP contribution in [-0.2, 0) is 0 Å². The molecule has 0 spiro atoms. The number of carbonyl (C=O) groups is 1. The highest BCUT2D eigenvalue weighted by Gasteiger charge is 2.22. The molecule has 0 unspecified atom stereocenters. The summed E-state index contributed by atoms with van der Waals surface area (Å²) in [6, 6.07) is 13.3. The van der Waals surface area contributed by atoms with Gasteiger partial charge in [-0.15, -0.1) is 0 Å². The molecular weight excluding hydrogens is 438 g/mol. The zero-order valence-electron chi connectivity index (χ0n) is 16.3. The van der Waals surface area contributed by atoms with Gasteiger partial charge in [0.1, 0.15) is 5.75 Å². The Labute approximate surface area is 178 Å². The number of nitrogens with zero attached hydrogens (tertiary/aromatic N) is 3. The number of likely N-dealkylation sites (N-methyl/N-ethyl adjacent to an activating group) is 1. The Morgan fingerprint density at radius 1 is 1.14 bits per heavy atom. The number of amides is 1. The van der Waals surface area contributed by atoms with Crippen molar-refractivity contribution in [2.24, 2.45) is 0 Å². The molecule has 148 valence electrons. The number of fused-ring (bicyclic) bond motifs is 1. The minimum absolute atomic E-state index is 0.0422. The van der Waals surface area contributed by atoms with Crippen LogP contribution in [0.3, 0.4) is 0 Å². The number of hydrogen-bond donors (Lipinski definition) is 0. The van der Waals surface area contributed by atoms with E-state index >= 15 is 0 Å². The number of hydrogen-bond acceptors (Lipinski definition) is 5. The van der Waals surface area contributed by atoms with Crippen molar-refractivity contribution in [2.45, 2.75) is 13.8 Å². The van der Waals surface area contributed by atoms with Gasteiger partial charge in [-0.1, -0.05) is 47.2 Å². The lowest BCUT2D eigenvalue weighted by molar-refractivity contribution is 0.0983. The Bertz CT molecular complexity index is 956. The summed E-state index contributed by atoms with van der Waals surface area (Å²) in [6.07, 6.45) is 0. The molecule has 1 heterocycles. The standard InChI is InChI=1S/C21H24BrN3O2S/c1-4-24(5-2)11-12-25(20(26)15-7-6-8-16(22)13-15)21-23-18-14-17(27-3)9-10-19(18)28-21/h6-10,13-14H,4-5,11-12H2,1-3H3. The summed E-state index contributed by atoms with van der Waals surface area (Å²) in [5.41, 5.74) is 1.49. The molecule has 7 heteroatoms. The Balaban J connectivity index is 1.96. The lowest BCUT2D eigenvalue weighted by atomic mass is 10.2. The van der Waals surface area contributed by atoms with E-state index < -0.39 is 0 Å². The van der Waals surface area contributed by atoms with Gasteiger partial charge >= 0.3 is 0 Å². The van der Waals surface area contributed by atoms with Crippen LogP contribution in [0.15, 0.2) is 46.9 Å². The van der Waals surface area contributed by atoms with Crippen molar-refractivity contribution in [2.75, 3.05) is 38.2 Å². The maximum Gasteiger partial charge on any atom is 0.260 e. The van der Waals surface area contributed by atoms with Crippen LogP contribution in [0.25, 0.3) is 10.2 Å². The summed E-state index contributed by atoms with van der Waals surface area (Å²) in [5.74, 6) is 0.719. The first kappa shape index (κ1) is 20.8. The first-order valence-electron chi connectivity index (χ1n) is 9.30. The van der Waals surface area contributed by atoms with Crippen LogP contribution in [0.5, 0.6) is 5.75 Å². The van der Waals surface area contributed by atoms with E-state index in [2.05, 4.69) is 34.7 Å². The van der Waals surface area contributed by atoms with Gasteiger partial charge in [0.15, 0.2) is 5.13 Å². The van der Waals surface area contributed by atoms with Gasteiger partial charge in [0.05, 0.1) is 17.3 Å². The Morgan fingerprint density at radius 3 is 2.61 bits per heavy atom. The number of ether oxygens (including phenoxy) is 1. The van der Waals surface area contributed by atoms with Crippen LogP contribution < -0.4 is 9.64 Å². The van der Waals surface area contributed by atoms with Gasteiger partial charge in [0.2, 0.25) is 0 Å². The van der Waals surface area contributed by atoms with Crippen molar-refractivity contribution in [1.29, 1.82) is 0 Å². The summed E-state index contributed by atoms with van der Waals surface area (Å²) in [7, 11) is 1.64. The van der Waals surface area contributed by atoms with Crippen molar-refractivity contribution < 1.29 is 9.53 Å². The molecule has 1 amide bonds. The van der Waals surface area contributed by atoms with Gasteiger partial charge in [-0.05, 0) is 43.4 Å². The van der Waals surface area contributed by atoms with E-state index in [1.165, 1.54) is 11.3 Å². The normalized spacial score (nSPS) is 11.2. The second-order valence-electron chi connectivity index (χ2n) is 6.32. The van der Waals surface area contributed by atoms with Gasteiger partial charge in [-0.2, -0.15) is 0 Å². The van der Waals surface area contributed by atoms with Gasteiger partial charge < -0.3 is 9.64 Å². The van der Waals surface area contributed by atoms with Crippen LogP contribution in [-0.4, -0.2) is 49.1 Å². The maximum absolute atomic E-state index is 13.3. The molecule has 0 saturated heterocycles. The van der Waals surface area contributed by atoms with E-state index in [0.29, 0.717) is 17.2 Å². The van der Waals surface area contributed by atoms with E-state index in [4.69, 9.17) is 9.72 Å². The molecule has 0 fully saturated rings. The van der Waals surface area contributed by atoms with Crippen LogP contribution in [0.4, 0.5) is 5.13 Å².